The van der Waals surface area contributed by atoms with Gasteiger partial charge in [0.25, 0.3) is 0 Å². The Morgan fingerprint density at radius 3 is 2.63 bits per heavy atom. The lowest BCUT2D eigenvalue weighted by Gasteiger charge is -2.18. The van der Waals surface area contributed by atoms with E-state index in [1.165, 1.54) is 0 Å². The zero-order valence-electron chi connectivity index (χ0n) is 14.7. The number of halogens is 3. The first-order chi connectivity index (χ1) is 13.0. The molecular formula is C21H20F3N3. The highest BCUT2D eigenvalue weighted by Gasteiger charge is 2.30. The molecule has 1 fully saturated rings. The number of anilines is 1. The SMILES string of the molecule is FC(F)(F)c1ccc(CN2CCC(Nc3ccc4cnccc4c3)C2)cc1. The van der Waals surface area contributed by atoms with Gasteiger partial charge in [0, 0.05) is 49.1 Å². The van der Waals surface area contributed by atoms with E-state index in [4.69, 9.17) is 0 Å². The molecule has 2 aromatic carbocycles. The number of hydrogen-bond donors (Lipinski definition) is 1. The highest BCUT2D eigenvalue weighted by atomic mass is 19.4. The summed E-state index contributed by atoms with van der Waals surface area (Å²) >= 11 is 0. The van der Waals surface area contributed by atoms with Gasteiger partial charge >= 0.3 is 6.18 Å². The number of rotatable bonds is 4. The van der Waals surface area contributed by atoms with Crippen LogP contribution in [0.5, 0.6) is 0 Å². The average Bonchev–Trinajstić information content (AvgIpc) is 3.08. The summed E-state index contributed by atoms with van der Waals surface area (Å²) in [7, 11) is 0. The second kappa shape index (κ2) is 7.19. The normalized spacial score (nSPS) is 18.1. The van der Waals surface area contributed by atoms with Gasteiger partial charge in [-0.1, -0.05) is 18.2 Å². The molecule has 1 aliphatic rings. The van der Waals surface area contributed by atoms with Gasteiger partial charge in [-0.2, -0.15) is 13.2 Å². The number of nitrogens with zero attached hydrogens (tertiary/aromatic N) is 2. The van der Waals surface area contributed by atoms with Gasteiger partial charge in [0.15, 0.2) is 0 Å². The molecule has 1 unspecified atom stereocenters. The van der Waals surface area contributed by atoms with Crippen LogP contribution in [0.25, 0.3) is 10.8 Å². The minimum atomic E-state index is -4.28. The molecule has 0 amide bonds. The van der Waals surface area contributed by atoms with E-state index in [0.717, 1.165) is 53.7 Å². The second-order valence-corrected chi connectivity index (χ2v) is 7.00. The van der Waals surface area contributed by atoms with Gasteiger partial charge in [0.05, 0.1) is 5.56 Å². The summed E-state index contributed by atoms with van der Waals surface area (Å²) in [5.74, 6) is 0. The molecule has 3 nitrogen and oxygen atoms in total. The lowest BCUT2D eigenvalue weighted by atomic mass is 10.1. The first-order valence-corrected chi connectivity index (χ1v) is 8.96. The lowest BCUT2D eigenvalue weighted by Crippen LogP contribution is -2.26. The van der Waals surface area contributed by atoms with Crippen LogP contribution in [0, 0.1) is 0 Å². The summed E-state index contributed by atoms with van der Waals surface area (Å²) < 4.78 is 38.0. The highest BCUT2D eigenvalue weighted by Crippen LogP contribution is 2.29. The zero-order chi connectivity index (χ0) is 18.9. The minimum Gasteiger partial charge on any atom is -0.381 e. The molecule has 0 aliphatic carbocycles. The number of hydrogen-bond acceptors (Lipinski definition) is 3. The molecule has 1 aliphatic heterocycles. The molecule has 1 aromatic heterocycles. The summed E-state index contributed by atoms with van der Waals surface area (Å²) in [5, 5.41) is 5.82. The smallest absolute Gasteiger partial charge is 0.381 e. The molecule has 1 saturated heterocycles. The third kappa shape index (κ3) is 4.22. The molecule has 140 valence electrons. The van der Waals surface area contributed by atoms with Gasteiger partial charge in [-0.25, -0.2) is 0 Å². The first-order valence-electron chi connectivity index (χ1n) is 8.96. The van der Waals surface area contributed by atoms with E-state index < -0.39 is 11.7 Å². The Hall–Kier alpha value is -2.60. The molecule has 6 heteroatoms. The molecule has 1 N–H and O–H groups in total. The van der Waals surface area contributed by atoms with Crippen molar-refractivity contribution in [2.75, 3.05) is 18.4 Å². The Kier molecular flexibility index (Phi) is 4.74. The largest absolute Gasteiger partial charge is 0.416 e. The Labute approximate surface area is 155 Å². The summed E-state index contributed by atoms with van der Waals surface area (Å²) in [6, 6.07) is 14.0. The highest BCUT2D eigenvalue weighted by molar-refractivity contribution is 5.84. The average molecular weight is 371 g/mol. The van der Waals surface area contributed by atoms with Gasteiger partial charge < -0.3 is 5.32 Å². The quantitative estimate of drug-likeness (QED) is 0.704. The maximum Gasteiger partial charge on any atom is 0.416 e. The van der Waals surface area contributed by atoms with Gasteiger partial charge in [-0.05, 0) is 47.7 Å². The standard InChI is InChI=1S/C21H20F3N3/c22-21(23,24)18-4-1-15(2-5-18)13-27-10-8-20(14-27)26-19-6-3-17-12-25-9-7-16(17)11-19/h1-7,9,11-12,20,26H,8,10,13-14H2. The van der Waals surface area contributed by atoms with Crippen LogP contribution in [0.4, 0.5) is 18.9 Å². The fourth-order valence-electron chi connectivity index (χ4n) is 3.56. The first kappa shape index (κ1) is 17.8. The van der Waals surface area contributed by atoms with Crippen LogP contribution in [0.2, 0.25) is 0 Å². The number of benzene rings is 2. The van der Waals surface area contributed by atoms with E-state index in [2.05, 4.69) is 33.4 Å². The Balaban J connectivity index is 1.35. The molecule has 2 heterocycles. The topological polar surface area (TPSA) is 28.2 Å². The van der Waals surface area contributed by atoms with Crippen molar-refractivity contribution in [2.45, 2.75) is 25.2 Å². The van der Waals surface area contributed by atoms with Crippen molar-refractivity contribution in [3.05, 3.63) is 72.1 Å². The molecular weight excluding hydrogens is 351 g/mol. The number of aromatic nitrogens is 1. The minimum absolute atomic E-state index is 0.332. The molecule has 4 rings (SSSR count). The van der Waals surface area contributed by atoms with Crippen LogP contribution in [-0.2, 0) is 12.7 Å². The summed E-state index contributed by atoms with van der Waals surface area (Å²) in [6.07, 6.45) is 0.361. The third-order valence-corrected chi connectivity index (χ3v) is 4.97. The van der Waals surface area contributed by atoms with Crippen LogP contribution in [0.3, 0.4) is 0 Å². The van der Waals surface area contributed by atoms with Gasteiger partial charge in [0.2, 0.25) is 0 Å². The van der Waals surface area contributed by atoms with E-state index >= 15 is 0 Å². The van der Waals surface area contributed by atoms with E-state index in [0.29, 0.717) is 12.6 Å². The summed E-state index contributed by atoms with van der Waals surface area (Å²) in [4.78, 5) is 6.39. The monoisotopic (exact) mass is 371 g/mol. The molecule has 27 heavy (non-hydrogen) atoms. The zero-order valence-corrected chi connectivity index (χ0v) is 14.7. The molecule has 0 bridgehead atoms. The Morgan fingerprint density at radius 2 is 1.85 bits per heavy atom. The maximum absolute atomic E-state index is 12.7. The van der Waals surface area contributed by atoms with Crippen molar-refractivity contribution < 1.29 is 13.2 Å². The molecule has 0 spiro atoms. The fourth-order valence-corrected chi connectivity index (χ4v) is 3.56. The van der Waals surface area contributed by atoms with Crippen molar-refractivity contribution in [3.8, 4) is 0 Å². The molecule has 3 aromatic rings. The summed E-state index contributed by atoms with van der Waals surface area (Å²) in [6.45, 7) is 2.46. The number of fused-ring (bicyclic) bond motifs is 1. The lowest BCUT2D eigenvalue weighted by molar-refractivity contribution is -0.137. The fraction of sp³-hybridized carbons (Fsp3) is 0.286. The van der Waals surface area contributed by atoms with Crippen molar-refractivity contribution >= 4 is 16.5 Å². The Bertz CT molecular complexity index is 922. The second-order valence-electron chi connectivity index (χ2n) is 7.00. The van der Waals surface area contributed by atoms with Crippen LogP contribution >= 0.6 is 0 Å². The van der Waals surface area contributed by atoms with Crippen molar-refractivity contribution in [1.29, 1.82) is 0 Å². The number of likely N-dealkylation sites (tertiary alicyclic amines) is 1. The maximum atomic E-state index is 12.7. The third-order valence-electron chi connectivity index (χ3n) is 4.97. The van der Waals surface area contributed by atoms with Crippen LogP contribution in [-0.4, -0.2) is 29.0 Å². The van der Waals surface area contributed by atoms with Crippen molar-refractivity contribution in [1.82, 2.24) is 9.88 Å². The van der Waals surface area contributed by atoms with Crippen LogP contribution < -0.4 is 5.32 Å². The predicted octanol–water partition coefficient (Wildman–Crippen LogP) is 4.94. The van der Waals surface area contributed by atoms with Gasteiger partial charge in [0.1, 0.15) is 0 Å². The molecule has 0 saturated carbocycles. The number of pyridine rings is 1. The summed E-state index contributed by atoms with van der Waals surface area (Å²) in [5.41, 5.74) is 1.38. The van der Waals surface area contributed by atoms with Crippen molar-refractivity contribution in [2.24, 2.45) is 0 Å². The molecule has 0 radical (unpaired) electrons. The van der Waals surface area contributed by atoms with Crippen LogP contribution in [0.15, 0.2) is 60.9 Å². The van der Waals surface area contributed by atoms with Gasteiger partial charge in [-0.15, -0.1) is 0 Å². The number of alkyl halides is 3. The predicted molar refractivity (Wildman–Crippen MR) is 100 cm³/mol. The Morgan fingerprint density at radius 1 is 1.04 bits per heavy atom. The van der Waals surface area contributed by atoms with E-state index in [-0.39, 0.29) is 0 Å². The molecule has 1 atom stereocenters. The van der Waals surface area contributed by atoms with Crippen LogP contribution in [0.1, 0.15) is 17.5 Å². The van der Waals surface area contributed by atoms with Crippen molar-refractivity contribution in [3.63, 3.8) is 0 Å². The number of nitrogens with one attached hydrogen (secondary N) is 1. The van der Waals surface area contributed by atoms with E-state index in [9.17, 15) is 13.2 Å². The van der Waals surface area contributed by atoms with Gasteiger partial charge in [-0.3, -0.25) is 9.88 Å². The van der Waals surface area contributed by atoms with E-state index in [1.807, 2.05) is 12.3 Å². The van der Waals surface area contributed by atoms with E-state index in [1.54, 1.807) is 18.3 Å².